The van der Waals surface area contributed by atoms with Crippen molar-refractivity contribution in [3.05, 3.63) is 45.8 Å². The quantitative estimate of drug-likeness (QED) is 0.842. The molecule has 5 nitrogen and oxygen atoms in total. The van der Waals surface area contributed by atoms with Gasteiger partial charge >= 0.3 is 5.97 Å². The van der Waals surface area contributed by atoms with E-state index in [1.807, 2.05) is 6.07 Å². The van der Waals surface area contributed by atoms with Crippen LogP contribution in [-0.4, -0.2) is 21.5 Å². The smallest absolute Gasteiger partial charge is 0.348 e. The predicted octanol–water partition coefficient (Wildman–Crippen LogP) is 3.52. The zero-order valence-electron chi connectivity index (χ0n) is 13.6. The number of aryl methyl sites for hydroxylation is 3. The molecule has 1 aliphatic carbocycles. The number of esters is 1. The molecule has 24 heavy (non-hydrogen) atoms. The van der Waals surface area contributed by atoms with Crippen LogP contribution in [0, 0.1) is 6.92 Å². The topological polar surface area (TPSA) is 72.5 Å². The van der Waals surface area contributed by atoms with E-state index in [2.05, 4.69) is 4.72 Å². The van der Waals surface area contributed by atoms with Crippen LogP contribution in [0.15, 0.2) is 29.2 Å². The lowest BCUT2D eigenvalue weighted by Crippen LogP contribution is -2.13. The number of carbonyl (C=O) groups is 1. The van der Waals surface area contributed by atoms with Gasteiger partial charge in [-0.05, 0) is 67.5 Å². The standard InChI is InChI=1S/C17H19NO4S2/c1-11-9-15(23-16(11)17(19)22-2)18-24(20,21)14-8-7-12-5-3-4-6-13(12)10-14/h7-10,18H,3-6H2,1-2H3. The SMILES string of the molecule is COC(=O)c1sc(NS(=O)(=O)c2ccc3c(c2)CCCC3)cc1C. The van der Waals surface area contributed by atoms with E-state index in [1.165, 1.54) is 12.7 Å². The highest BCUT2D eigenvalue weighted by molar-refractivity contribution is 7.93. The third-order valence-electron chi connectivity index (χ3n) is 4.15. The van der Waals surface area contributed by atoms with E-state index >= 15 is 0 Å². The van der Waals surface area contributed by atoms with E-state index < -0.39 is 16.0 Å². The molecule has 2 aromatic rings. The predicted molar refractivity (Wildman–Crippen MR) is 94.3 cm³/mol. The highest BCUT2D eigenvalue weighted by Crippen LogP contribution is 2.30. The summed E-state index contributed by atoms with van der Waals surface area (Å²) < 4.78 is 32.5. The Morgan fingerprint density at radius 3 is 2.58 bits per heavy atom. The van der Waals surface area contributed by atoms with Gasteiger partial charge in [0.2, 0.25) is 0 Å². The summed E-state index contributed by atoms with van der Waals surface area (Å²) >= 11 is 1.08. The van der Waals surface area contributed by atoms with Crippen molar-refractivity contribution in [3.8, 4) is 0 Å². The second kappa shape index (κ2) is 6.57. The summed E-state index contributed by atoms with van der Waals surface area (Å²) in [5.74, 6) is -0.461. The molecule has 1 aromatic carbocycles. The minimum Gasteiger partial charge on any atom is -0.465 e. The first kappa shape index (κ1) is 17.0. The summed E-state index contributed by atoms with van der Waals surface area (Å²) in [6, 6.07) is 6.96. The zero-order valence-corrected chi connectivity index (χ0v) is 15.2. The van der Waals surface area contributed by atoms with Crippen molar-refractivity contribution >= 4 is 32.3 Å². The average Bonchev–Trinajstić information content (AvgIpc) is 2.93. The van der Waals surface area contributed by atoms with Crippen LogP contribution >= 0.6 is 11.3 Å². The molecule has 1 aromatic heterocycles. The Bertz CT molecular complexity index is 884. The number of hydrogen-bond donors (Lipinski definition) is 1. The number of thiophene rings is 1. The number of anilines is 1. The molecule has 0 amide bonds. The van der Waals surface area contributed by atoms with Crippen LogP contribution < -0.4 is 4.72 Å². The molecule has 1 heterocycles. The molecule has 0 radical (unpaired) electrons. The van der Waals surface area contributed by atoms with Gasteiger partial charge in [-0.15, -0.1) is 11.3 Å². The third-order valence-corrected chi connectivity index (χ3v) is 6.78. The van der Waals surface area contributed by atoms with Crippen LogP contribution in [0.2, 0.25) is 0 Å². The first-order chi connectivity index (χ1) is 11.4. The van der Waals surface area contributed by atoms with Crippen LogP contribution in [0.3, 0.4) is 0 Å². The van der Waals surface area contributed by atoms with Crippen molar-refractivity contribution in [1.29, 1.82) is 0 Å². The van der Waals surface area contributed by atoms with Gasteiger partial charge in [0.15, 0.2) is 0 Å². The minimum absolute atomic E-state index is 0.258. The fraction of sp³-hybridized carbons (Fsp3) is 0.353. The van der Waals surface area contributed by atoms with E-state index in [9.17, 15) is 13.2 Å². The van der Waals surface area contributed by atoms with Crippen LogP contribution in [0.5, 0.6) is 0 Å². The molecule has 0 aliphatic heterocycles. The lowest BCUT2D eigenvalue weighted by Gasteiger charge is -2.16. The first-order valence-electron chi connectivity index (χ1n) is 7.74. The molecular formula is C17H19NO4S2. The molecular weight excluding hydrogens is 346 g/mol. The molecule has 1 aliphatic rings. The van der Waals surface area contributed by atoms with E-state index in [-0.39, 0.29) is 4.90 Å². The van der Waals surface area contributed by atoms with Crippen LogP contribution in [0.4, 0.5) is 5.00 Å². The maximum absolute atomic E-state index is 12.6. The largest absolute Gasteiger partial charge is 0.465 e. The van der Waals surface area contributed by atoms with E-state index in [0.29, 0.717) is 15.4 Å². The number of rotatable bonds is 4. The average molecular weight is 365 g/mol. The van der Waals surface area contributed by atoms with Crippen molar-refractivity contribution in [1.82, 2.24) is 0 Å². The molecule has 1 N–H and O–H groups in total. The van der Waals surface area contributed by atoms with Crippen LogP contribution in [0.1, 0.15) is 39.2 Å². The van der Waals surface area contributed by atoms with E-state index in [0.717, 1.165) is 42.6 Å². The van der Waals surface area contributed by atoms with E-state index in [4.69, 9.17) is 4.74 Å². The number of methoxy groups -OCH3 is 1. The molecule has 0 saturated heterocycles. The van der Waals surface area contributed by atoms with E-state index in [1.54, 1.807) is 25.1 Å². The summed E-state index contributed by atoms with van der Waals surface area (Å²) in [6.07, 6.45) is 4.18. The molecule has 0 atom stereocenters. The normalized spacial score (nSPS) is 14.1. The molecule has 0 spiro atoms. The van der Waals surface area contributed by atoms with Gasteiger partial charge in [0, 0.05) is 0 Å². The Labute approximate surface area is 145 Å². The zero-order chi connectivity index (χ0) is 17.3. The molecule has 0 saturated carbocycles. The monoisotopic (exact) mass is 365 g/mol. The van der Waals surface area contributed by atoms with Gasteiger partial charge in [-0.1, -0.05) is 6.07 Å². The Hall–Kier alpha value is -1.86. The Kier molecular flexibility index (Phi) is 4.64. The van der Waals surface area contributed by atoms with Gasteiger partial charge in [0.25, 0.3) is 10.0 Å². The number of hydrogen-bond acceptors (Lipinski definition) is 5. The summed E-state index contributed by atoms with van der Waals surface area (Å²) in [6.45, 7) is 1.75. The van der Waals surface area contributed by atoms with Crippen molar-refractivity contribution < 1.29 is 17.9 Å². The van der Waals surface area contributed by atoms with Gasteiger partial charge in [0.05, 0.1) is 12.0 Å². The van der Waals surface area contributed by atoms with Gasteiger partial charge in [-0.2, -0.15) is 0 Å². The second-order valence-electron chi connectivity index (χ2n) is 5.86. The summed E-state index contributed by atoms with van der Waals surface area (Å²) in [5.41, 5.74) is 3.04. The number of benzene rings is 1. The summed E-state index contributed by atoms with van der Waals surface area (Å²) in [7, 11) is -2.37. The first-order valence-corrected chi connectivity index (χ1v) is 10.0. The Morgan fingerprint density at radius 1 is 1.17 bits per heavy atom. The minimum atomic E-state index is -3.67. The lowest BCUT2D eigenvalue weighted by molar-refractivity contribution is 0.0605. The number of nitrogens with one attached hydrogen (secondary N) is 1. The van der Waals surface area contributed by atoms with Gasteiger partial charge in [-0.25, -0.2) is 13.2 Å². The summed E-state index contributed by atoms with van der Waals surface area (Å²) in [5, 5.41) is 0.408. The van der Waals surface area contributed by atoms with Gasteiger partial charge in [0.1, 0.15) is 9.88 Å². The molecule has 3 rings (SSSR count). The Balaban J connectivity index is 1.88. The third kappa shape index (κ3) is 3.32. The molecule has 7 heteroatoms. The van der Waals surface area contributed by atoms with Crippen molar-refractivity contribution in [2.24, 2.45) is 0 Å². The van der Waals surface area contributed by atoms with Gasteiger partial charge in [-0.3, -0.25) is 4.72 Å². The van der Waals surface area contributed by atoms with Crippen LogP contribution in [0.25, 0.3) is 0 Å². The maximum atomic E-state index is 12.6. The van der Waals surface area contributed by atoms with Crippen molar-refractivity contribution in [2.45, 2.75) is 37.5 Å². The summed E-state index contributed by atoms with van der Waals surface area (Å²) in [4.78, 5) is 12.3. The number of sulfonamides is 1. The fourth-order valence-corrected chi connectivity index (χ4v) is 5.22. The molecule has 128 valence electrons. The number of ether oxygens (including phenoxy) is 1. The highest BCUT2D eigenvalue weighted by Gasteiger charge is 2.21. The highest BCUT2D eigenvalue weighted by atomic mass is 32.2. The lowest BCUT2D eigenvalue weighted by atomic mass is 9.92. The van der Waals surface area contributed by atoms with Crippen LogP contribution in [-0.2, 0) is 27.6 Å². The fourth-order valence-electron chi connectivity index (χ4n) is 2.90. The van der Waals surface area contributed by atoms with Crippen molar-refractivity contribution in [2.75, 3.05) is 11.8 Å². The number of carbonyl (C=O) groups excluding carboxylic acids is 1. The van der Waals surface area contributed by atoms with Crippen molar-refractivity contribution in [3.63, 3.8) is 0 Å². The number of fused-ring (bicyclic) bond motifs is 1. The molecule has 0 bridgehead atoms. The molecule has 0 fully saturated rings. The second-order valence-corrected chi connectivity index (χ2v) is 8.59. The molecule has 0 unspecified atom stereocenters. The Morgan fingerprint density at radius 2 is 1.88 bits per heavy atom. The van der Waals surface area contributed by atoms with Gasteiger partial charge < -0.3 is 4.74 Å². The maximum Gasteiger partial charge on any atom is 0.348 e.